The molecule has 2 fully saturated rings. The Morgan fingerprint density at radius 3 is 2.17 bits per heavy atom. The third-order valence-electron chi connectivity index (χ3n) is 8.61. The highest BCUT2D eigenvalue weighted by Crippen LogP contribution is 2.29. The van der Waals surface area contributed by atoms with Crippen LogP contribution in [0.2, 0.25) is 0 Å². The van der Waals surface area contributed by atoms with Crippen molar-refractivity contribution in [1.29, 1.82) is 0 Å². The largest absolute Gasteiger partial charge is 0.342 e. The number of rotatable bonds is 6. The molecule has 2 aromatic carbocycles. The van der Waals surface area contributed by atoms with E-state index in [4.69, 9.17) is 5.10 Å². The van der Waals surface area contributed by atoms with Crippen molar-refractivity contribution in [3.63, 3.8) is 0 Å². The van der Waals surface area contributed by atoms with Crippen molar-refractivity contribution in [1.82, 2.24) is 14.7 Å². The summed E-state index contributed by atoms with van der Waals surface area (Å²) in [5.74, 6) is 1.88. The Labute approximate surface area is 244 Å². The molecule has 1 aliphatic carbocycles. The van der Waals surface area contributed by atoms with Gasteiger partial charge < -0.3 is 10.2 Å². The van der Waals surface area contributed by atoms with Crippen LogP contribution in [0.5, 0.6) is 0 Å². The summed E-state index contributed by atoms with van der Waals surface area (Å²) in [6, 6.07) is 17.9. The van der Waals surface area contributed by atoms with E-state index in [1.165, 1.54) is 30.4 Å². The normalized spacial score (nSPS) is 16.9. The number of urea groups is 1. The van der Waals surface area contributed by atoms with Crippen LogP contribution in [0, 0.1) is 18.8 Å². The predicted octanol–water partition coefficient (Wildman–Crippen LogP) is 7.48. The standard InChI is InChI=1S/C34H45N5O2/c1-24-10-16-29(17-11-24)39-31(23-30(37-39)34(2,3)4)36-33(41)35-28-14-12-25(13-15-28)22-26-18-20-38(21-19-26)32(40)27-8-6-5-7-9-27/h10-17,23,26-27H,5-9,18-22H2,1-4H3,(H2,35,36,41). The lowest BCUT2D eigenvalue weighted by Gasteiger charge is -2.35. The van der Waals surface area contributed by atoms with Gasteiger partial charge in [0, 0.05) is 36.2 Å². The molecule has 2 heterocycles. The molecule has 218 valence electrons. The maximum atomic E-state index is 13.0. The van der Waals surface area contributed by atoms with Crippen molar-refractivity contribution in [3.05, 3.63) is 71.4 Å². The number of benzene rings is 2. The summed E-state index contributed by atoms with van der Waals surface area (Å²) in [6.45, 7) is 10.2. The van der Waals surface area contributed by atoms with E-state index in [0.717, 1.165) is 62.3 Å². The first-order chi connectivity index (χ1) is 19.7. The van der Waals surface area contributed by atoms with Crippen LogP contribution >= 0.6 is 0 Å². The molecule has 3 amide bonds. The summed E-state index contributed by atoms with van der Waals surface area (Å²) < 4.78 is 1.79. The number of anilines is 2. The molecule has 41 heavy (non-hydrogen) atoms. The van der Waals surface area contributed by atoms with E-state index in [0.29, 0.717) is 17.6 Å². The minimum absolute atomic E-state index is 0.153. The summed E-state index contributed by atoms with van der Waals surface area (Å²) >= 11 is 0. The highest BCUT2D eigenvalue weighted by Gasteiger charge is 2.29. The minimum atomic E-state index is -0.304. The molecular formula is C34H45N5O2. The van der Waals surface area contributed by atoms with E-state index >= 15 is 0 Å². The van der Waals surface area contributed by atoms with Crippen molar-refractivity contribution in [2.45, 2.75) is 84.5 Å². The Bertz CT molecular complexity index is 1320. The first-order valence-electron chi connectivity index (χ1n) is 15.3. The lowest BCUT2D eigenvalue weighted by molar-refractivity contribution is -0.138. The summed E-state index contributed by atoms with van der Waals surface area (Å²) in [5.41, 5.74) is 4.83. The van der Waals surface area contributed by atoms with Gasteiger partial charge in [-0.2, -0.15) is 5.10 Å². The molecule has 7 heteroatoms. The Balaban J connectivity index is 1.15. The Hall–Kier alpha value is -3.61. The molecule has 7 nitrogen and oxygen atoms in total. The number of nitrogens with zero attached hydrogens (tertiary/aromatic N) is 3. The molecular weight excluding hydrogens is 510 g/mol. The van der Waals surface area contributed by atoms with Crippen LogP contribution in [0.25, 0.3) is 5.69 Å². The summed E-state index contributed by atoms with van der Waals surface area (Å²) in [4.78, 5) is 28.0. The van der Waals surface area contributed by atoms with Gasteiger partial charge in [0.05, 0.1) is 11.4 Å². The number of carbonyl (C=O) groups is 2. The summed E-state index contributed by atoms with van der Waals surface area (Å²) in [7, 11) is 0. The van der Waals surface area contributed by atoms with E-state index in [-0.39, 0.29) is 17.4 Å². The minimum Gasteiger partial charge on any atom is -0.342 e. The van der Waals surface area contributed by atoms with Gasteiger partial charge in [-0.05, 0) is 74.8 Å². The second-order valence-corrected chi connectivity index (χ2v) is 13.0. The third kappa shape index (κ3) is 7.38. The molecule has 0 radical (unpaired) electrons. The fraction of sp³-hybridized carbons (Fsp3) is 0.500. The van der Waals surface area contributed by atoms with Crippen molar-refractivity contribution in [2.75, 3.05) is 23.7 Å². The van der Waals surface area contributed by atoms with Crippen LogP contribution in [0.15, 0.2) is 54.6 Å². The molecule has 0 unspecified atom stereocenters. The molecule has 1 saturated carbocycles. The average molecular weight is 556 g/mol. The van der Waals surface area contributed by atoms with E-state index in [2.05, 4.69) is 55.4 Å². The number of nitrogens with one attached hydrogen (secondary N) is 2. The topological polar surface area (TPSA) is 79.3 Å². The van der Waals surface area contributed by atoms with Crippen LogP contribution in [-0.2, 0) is 16.6 Å². The zero-order valence-corrected chi connectivity index (χ0v) is 25.1. The van der Waals surface area contributed by atoms with E-state index in [1.807, 2.05) is 42.5 Å². The molecule has 0 spiro atoms. The number of aryl methyl sites for hydroxylation is 1. The maximum Gasteiger partial charge on any atom is 0.324 e. The first kappa shape index (κ1) is 28.9. The average Bonchev–Trinajstić information content (AvgIpc) is 3.39. The Morgan fingerprint density at radius 1 is 0.878 bits per heavy atom. The van der Waals surface area contributed by atoms with Gasteiger partial charge in [0.25, 0.3) is 0 Å². The number of hydrogen-bond donors (Lipinski definition) is 2. The van der Waals surface area contributed by atoms with Gasteiger partial charge in [-0.15, -0.1) is 0 Å². The van der Waals surface area contributed by atoms with E-state index in [9.17, 15) is 9.59 Å². The van der Waals surface area contributed by atoms with Crippen LogP contribution < -0.4 is 10.6 Å². The zero-order chi connectivity index (χ0) is 29.0. The molecule has 0 atom stereocenters. The Kier molecular flexibility index (Phi) is 8.81. The van der Waals surface area contributed by atoms with Gasteiger partial charge in [0.1, 0.15) is 5.82 Å². The predicted molar refractivity (Wildman–Crippen MR) is 166 cm³/mol. The van der Waals surface area contributed by atoms with Gasteiger partial charge in [-0.1, -0.05) is 69.9 Å². The van der Waals surface area contributed by atoms with E-state index < -0.39 is 0 Å². The quantitative estimate of drug-likeness (QED) is 0.331. The number of piperidine rings is 1. The monoisotopic (exact) mass is 555 g/mol. The van der Waals surface area contributed by atoms with Crippen molar-refractivity contribution < 1.29 is 9.59 Å². The highest BCUT2D eigenvalue weighted by atomic mass is 16.2. The lowest BCUT2D eigenvalue weighted by atomic mass is 9.86. The first-order valence-corrected chi connectivity index (χ1v) is 15.3. The molecule has 1 saturated heterocycles. The van der Waals surface area contributed by atoms with E-state index in [1.54, 1.807) is 4.68 Å². The number of hydrogen-bond acceptors (Lipinski definition) is 3. The molecule has 3 aromatic rings. The fourth-order valence-electron chi connectivity index (χ4n) is 6.02. The maximum absolute atomic E-state index is 13.0. The van der Waals surface area contributed by atoms with Crippen molar-refractivity contribution in [3.8, 4) is 5.69 Å². The molecule has 2 aliphatic rings. The lowest BCUT2D eigenvalue weighted by Crippen LogP contribution is -2.42. The number of likely N-dealkylation sites (tertiary alicyclic amines) is 1. The molecule has 0 bridgehead atoms. The summed E-state index contributed by atoms with van der Waals surface area (Å²) in [5, 5.41) is 10.8. The highest BCUT2D eigenvalue weighted by molar-refractivity contribution is 5.99. The molecule has 5 rings (SSSR count). The van der Waals surface area contributed by atoms with Gasteiger partial charge in [0.2, 0.25) is 5.91 Å². The number of aromatic nitrogens is 2. The SMILES string of the molecule is Cc1ccc(-n2nc(C(C)(C)C)cc2NC(=O)Nc2ccc(CC3CCN(C(=O)C4CCCCC4)CC3)cc2)cc1. The second-order valence-electron chi connectivity index (χ2n) is 13.0. The van der Waals surface area contributed by atoms with Crippen LogP contribution in [-0.4, -0.2) is 39.7 Å². The summed E-state index contributed by atoms with van der Waals surface area (Å²) in [6.07, 6.45) is 8.96. The second kappa shape index (κ2) is 12.5. The fourth-order valence-corrected chi connectivity index (χ4v) is 6.02. The van der Waals surface area contributed by atoms with Crippen molar-refractivity contribution >= 4 is 23.4 Å². The smallest absolute Gasteiger partial charge is 0.324 e. The zero-order valence-electron chi connectivity index (χ0n) is 25.1. The molecule has 2 N–H and O–H groups in total. The van der Waals surface area contributed by atoms with Crippen molar-refractivity contribution in [2.24, 2.45) is 11.8 Å². The van der Waals surface area contributed by atoms with Crippen LogP contribution in [0.4, 0.5) is 16.3 Å². The van der Waals surface area contributed by atoms with Gasteiger partial charge in [-0.3, -0.25) is 10.1 Å². The Morgan fingerprint density at radius 2 is 1.54 bits per heavy atom. The third-order valence-corrected chi connectivity index (χ3v) is 8.61. The molecule has 1 aliphatic heterocycles. The number of carbonyl (C=O) groups excluding carboxylic acids is 2. The molecule has 1 aromatic heterocycles. The van der Waals surface area contributed by atoms with Gasteiger partial charge in [0.15, 0.2) is 0 Å². The van der Waals surface area contributed by atoms with Gasteiger partial charge in [-0.25, -0.2) is 9.48 Å². The number of amides is 3. The van der Waals surface area contributed by atoms with Crippen LogP contribution in [0.3, 0.4) is 0 Å². The van der Waals surface area contributed by atoms with Gasteiger partial charge >= 0.3 is 6.03 Å². The van der Waals surface area contributed by atoms with Crippen LogP contribution in [0.1, 0.15) is 82.5 Å².